The van der Waals surface area contributed by atoms with Gasteiger partial charge in [-0.1, -0.05) is 38.3 Å². The predicted octanol–water partition coefficient (Wildman–Crippen LogP) is 4.16. The van der Waals surface area contributed by atoms with Crippen LogP contribution in [0.5, 0.6) is 0 Å². The van der Waals surface area contributed by atoms with E-state index in [9.17, 15) is 0 Å². The van der Waals surface area contributed by atoms with Gasteiger partial charge in [0.15, 0.2) is 5.82 Å². The second kappa shape index (κ2) is 7.08. The highest BCUT2D eigenvalue weighted by atomic mass is 15.2. The molecule has 20 heavy (non-hydrogen) atoms. The first-order valence-electron chi connectivity index (χ1n) is 7.45. The van der Waals surface area contributed by atoms with Gasteiger partial charge >= 0.3 is 0 Å². The minimum Gasteiger partial charge on any atom is -0.383 e. The first-order valence-corrected chi connectivity index (χ1v) is 7.45. The van der Waals surface area contributed by atoms with Gasteiger partial charge in [0.05, 0.1) is 0 Å². The highest BCUT2D eigenvalue weighted by Crippen LogP contribution is 2.20. The Labute approximate surface area is 121 Å². The lowest BCUT2D eigenvalue weighted by atomic mass is 10.1. The number of rotatable bonds is 7. The number of hydrogen-bond acceptors (Lipinski definition) is 3. The molecule has 2 aromatic rings. The third-order valence-electron chi connectivity index (χ3n) is 3.37. The zero-order valence-corrected chi connectivity index (χ0v) is 12.6. The number of aromatic amines is 1. The molecule has 0 bridgehead atoms. The fourth-order valence-corrected chi connectivity index (χ4v) is 2.28. The average molecular weight is 272 g/mol. The Bertz CT molecular complexity index is 533. The normalized spacial score (nSPS) is 12.3. The summed E-state index contributed by atoms with van der Waals surface area (Å²) in [6.07, 6.45) is 5.07. The average Bonchev–Trinajstić information content (AvgIpc) is 2.86. The molecule has 1 atom stereocenters. The molecule has 0 saturated heterocycles. The van der Waals surface area contributed by atoms with Crippen molar-refractivity contribution in [3.63, 3.8) is 0 Å². The maximum atomic E-state index is 4.37. The smallest absolute Gasteiger partial charge is 0.181 e. The number of nitrogens with zero attached hydrogens (tertiary/aromatic N) is 2. The minimum atomic E-state index is 0.491. The molecule has 0 saturated carbocycles. The Balaban J connectivity index is 1.99. The van der Waals surface area contributed by atoms with Crippen LogP contribution in [0, 0.1) is 6.92 Å². The van der Waals surface area contributed by atoms with Gasteiger partial charge in [-0.15, -0.1) is 0 Å². The number of nitrogens with one attached hydrogen (secondary N) is 2. The predicted molar refractivity (Wildman–Crippen MR) is 83.8 cm³/mol. The lowest BCUT2D eigenvalue weighted by Crippen LogP contribution is -2.14. The Hall–Kier alpha value is -1.84. The van der Waals surface area contributed by atoms with E-state index in [0.717, 1.165) is 22.9 Å². The molecule has 0 fully saturated rings. The van der Waals surface area contributed by atoms with Crippen LogP contribution in [-0.2, 0) is 0 Å². The summed E-state index contributed by atoms with van der Waals surface area (Å²) in [6.45, 7) is 6.38. The summed E-state index contributed by atoms with van der Waals surface area (Å²) in [6, 6.07) is 8.78. The van der Waals surface area contributed by atoms with Crippen LogP contribution in [0.2, 0.25) is 0 Å². The Morgan fingerprint density at radius 3 is 2.85 bits per heavy atom. The van der Waals surface area contributed by atoms with Crippen molar-refractivity contribution in [2.24, 2.45) is 0 Å². The quantitative estimate of drug-likeness (QED) is 0.744. The van der Waals surface area contributed by atoms with Crippen molar-refractivity contribution < 1.29 is 0 Å². The number of aromatic nitrogens is 3. The molecule has 0 amide bonds. The van der Waals surface area contributed by atoms with Crippen LogP contribution in [0.1, 0.15) is 45.4 Å². The lowest BCUT2D eigenvalue weighted by Gasteiger charge is -2.15. The molecule has 1 aromatic carbocycles. The first kappa shape index (κ1) is 14.6. The van der Waals surface area contributed by atoms with Crippen LogP contribution >= 0.6 is 0 Å². The van der Waals surface area contributed by atoms with E-state index in [0.29, 0.717) is 6.04 Å². The number of H-pyrrole nitrogens is 1. The van der Waals surface area contributed by atoms with Crippen LogP contribution in [0.4, 0.5) is 5.69 Å². The monoisotopic (exact) mass is 272 g/mol. The number of anilines is 1. The Morgan fingerprint density at radius 2 is 2.15 bits per heavy atom. The van der Waals surface area contributed by atoms with E-state index in [1.165, 1.54) is 25.7 Å². The van der Waals surface area contributed by atoms with Gasteiger partial charge in [0.2, 0.25) is 0 Å². The molecular formula is C16H24N4. The van der Waals surface area contributed by atoms with Crippen molar-refractivity contribution in [1.29, 1.82) is 0 Å². The van der Waals surface area contributed by atoms with Crippen molar-refractivity contribution in [2.75, 3.05) is 5.32 Å². The van der Waals surface area contributed by atoms with E-state index >= 15 is 0 Å². The summed E-state index contributed by atoms with van der Waals surface area (Å²) in [5, 5.41) is 10.6. The summed E-state index contributed by atoms with van der Waals surface area (Å²) in [7, 11) is 0. The highest BCUT2D eigenvalue weighted by molar-refractivity contribution is 5.62. The number of hydrogen-bond donors (Lipinski definition) is 2. The molecule has 2 rings (SSSR count). The summed E-state index contributed by atoms with van der Waals surface area (Å²) >= 11 is 0. The van der Waals surface area contributed by atoms with Gasteiger partial charge in [0.1, 0.15) is 5.82 Å². The third kappa shape index (κ3) is 4.08. The molecule has 0 spiro atoms. The highest BCUT2D eigenvalue weighted by Gasteiger charge is 2.06. The molecule has 0 aliphatic heterocycles. The van der Waals surface area contributed by atoms with Crippen LogP contribution in [0.15, 0.2) is 24.3 Å². The summed E-state index contributed by atoms with van der Waals surface area (Å²) in [5.74, 6) is 1.59. The van der Waals surface area contributed by atoms with Gasteiger partial charge < -0.3 is 5.32 Å². The van der Waals surface area contributed by atoms with E-state index < -0.39 is 0 Å². The molecule has 1 unspecified atom stereocenters. The van der Waals surface area contributed by atoms with E-state index in [1.807, 2.05) is 19.1 Å². The summed E-state index contributed by atoms with van der Waals surface area (Å²) < 4.78 is 0. The summed E-state index contributed by atoms with van der Waals surface area (Å²) in [5.41, 5.74) is 2.18. The maximum absolute atomic E-state index is 4.37. The molecule has 108 valence electrons. The fraction of sp³-hybridized carbons (Fsp3) is 0.500. The maximum Gasteiger partial charge on any atom is 0.181 e. The Morgan fingerprint density at radius 1 is 1.30 bits per heavy atom. The van der Waals surface area contributed by atoms with E-state index in [2.05, 4.69) is 46.5 Å². The van der Waals surface area contributed by atoms with Crippen molar-refractivity contribution in [3.05, 3.63) is 30.1 Å². The van der Waals surface area contributed by atoms with Crippen molar-refractivity contribution in [1.82, 2.24) is 15.2 Å². The Kier molecular flexibility index (Phi) is 5.16. The van der Waals surface area contributed by atoms with Crippen LogP contribution in [0.25, 0.3) is 11.4 Å². The van der Waals surface area contributed by atoms with Crippen molar-refractivity contribution >= 4 is 5.69 Å². The van der Waals surface area contributed by atoms with Gasteiger partial charge in [-0.05, 0) is 32.4 Å². The fourth-order valence-electron chi connectivity index (χ4n) is 2.28. The molecular weight excluding hydrogens is 248 g/mol. The molecule has 1 aromatic heterocycles. The molecule has 0 aliphatic rings. The molecule has 2 N–H and O–H groups in total. The molecule has 4 nitrogen and oxygen atoms in total. The zero-order chi connectivity index (χ0) is 14.4. The van der Waals surface area contributed by atoms with Gasteiger partial charge in [0.25, 0.3) is 0 Å². The van der Waals surface area contributed by atoms with Crippen LogP contribution in [-0.4, -0.2) is 21.2 Å². The van der Waals surface area contributed by atoms with Gasteiger partial charge in [-0.2, -0.15) is 5.10 Å². The molecule has 0 radical (unpaired) electrons. The van der Waals surface area contributed by atoms with Crippen molar-refractivity contribution in [2.45, 2.75) is 52.5 Å². The minimum absolute atomic E-state index is 0.491. The molecule has 4 heteroatoms. The third-order valence-corrected chi connectivity index (χ3v) is 3.37. The van der Waals surface area contributed by atoms with Crippen LogP contribution in [0.3, 0.4) is 0 Å². The number of unbranched alkanes of at least 4 members (excludes halogenated alkanes) is 2. The lowest BCUT2D eigenvalue weighted by molar-refractivity contribution is 0.615. The second-order valence-electron chi connectivity index (χ2n) is 5.37. The molecule has 0 aliphatic carbocycles. The van der Waals surface area contributed by atoms with Crippen molar-refractivity contribution in [3.8, 4) is 11.4 Å². The number of benzene rings is 1. The van der Waals surface area contributed by atoms with Gasteiger partial charge in [-0.25, -0.2) is 4.98 Å². The molecule has 1 heterocycles. The SMILES string of the molecule is CCCCCC(C)Nc1cccc(-c2n[nH]c(C)n2)c1. The van der Waals surface area contributed by atoms with Gasteiger partial charge in [0, 0.05) is 17.3 Å². The van der Waals surface area contributed by atoms with E-state index in [1.54, 1.807) is 0 Å². The van der Waals surface area contributed by atoms with Crippen LogP contribution < -0.4 is 5.32 Å². The first-order chi connectivity index (χ1) is 9.69. The van der Waals surface area contributed by atoms with E-state index in [-0.39, 0.29) is 0 Å². The number of aryl methyl sites for hydroxylation is 1. The largest absolute Gasteiger partial charge is 0.383 e. The topological polar surface area (TPSA) is 53.6 Å². The summed E-state index contributed by atoms with van der Waals surface area (Å²) in [4.78, 5) is 4.37. The standard InChI is InChI=1S/C16H24N4/c1-4-5-6-8-12(2)17-15-10-7-9-14(11-15)16-18-13(3)19-20-16/h7,9-12,17H,4-6,8H2,1-3H3,(H,18,19,20). The van der Waals surface area contributed by atoms with E-state index in [4.69, 9.17) is 0 Å². The second-order valence-corrected chi connectivity index (χ2v) is 5.37. The van der Waals surface area contributed by atoms with Gasteiger partial charge in [-0.3, -0.25) is 5.10 Å². The zero-order valence-electron chi connectivity index (χ0n) is 12.6.